The van der Waals surface area contributed by atoms with Crippen molar-refractivity contribution in [2.24, 2.45) is 0 Å². The van der Waals surface area contributed by atoms with Gasteiger partial charge in [-0.15, -0.1) is 0 Å². The van der Waals surface area contributed by atoms with Gasteiger partial charge in [0.15, 0.2) is 23.1 Å². The quantitative estimate of drug-likeness (QED) is 0.395. The van der Waals surface area contributed by atoms with Crippen LogP contribution in [0.15, 0.2) is 42.6 Å². The molecule has 1 aliphatic rings. The molecule has 11 heteroatoms. The lowest BCUT2D eigenvalue weighted by molar-refractivity contribution is 0.251. The van der Waals surface area contributed by atoms with Gasteiger partial charge in [0.05, 0.1) is 49.5 Å². The molecule has 0 fully saturated rings. The van der Waals surface area contributed by atoms with Gasteiger partial charge in [-0.25, -0.2) is 18.0 Å². The molecule has 2 heterocycles. The molecule has 2 amide bonds. The number of methoxy groups -OCH3 is 2. The molecule has 0 saturated heterocycles. The number of carbonyl (C=O) groups is 1. The number of ether oxygens (including phenoxy) is 2. The molecule has 0 saturated carbocycles. The second-order valence-corrected chi connectivity index (χ2v) is 8.30. The average Bonchev–Trinajstić information content (AvgIpc) is 2.89. The predicted molar refractivity (Wildman–Crippen MR) is 136 cm³/mol. The van der Waals surface area contributed by atoms with Crippen molar-refractivity contribution in [2.45, 2.75) is 20.4 Å². The van der Waals surface area contributed by atoms with Crippen molar-refractivity contribution in [2.75, 3.05) is 24.0 Å². The lowest BCUT2D eigenvalue weighted by Crippen LogP contribution is -2.46. The van der Waals surface area contributed by atoms with Crippen LogP contribution in [0.5, 0.6) is 11.5 Å². The number of allylic oxidation sites excluding steroid dienone is 2. The highest BCUT2D eigenvalue weighted by Gasteiger charge is 2.38. The number of amides is 2. The van der Waals surface area contributed by atoms with Crippen LogP contribution >= 0.6 is 0 Å². The molecule has 4 rings (SSSR count). The number of carbonyl (C=O) groups excluding carboxylic acids is 1. The van der Waals surface area contributed by atoms with Crippen molar-refractivity contribution < 1.29 is 27.4 Å². The third-order valence-electron chi connectivity index (χ3n) is 6.01. The number of hydrogen-bond donors (Lipinski definition) is 1. The van der Waals surface area contributed by atoms with E-state index in [2.05, 4.69) is 4.98 Å². The maximum absolute atomic E-state index is 15.4. The van der Waals surface area contributed by atoms with Gasteiger partial charge in [-0.05, 0) is 38.1 Å². The SMILES string of the molecule is C/C=C(\C(C)=N)c1cc2c(cn1)CN(c1c(F)c(OC)cc(OC)c1F)C(=O)N2c1cc(F)cc(C#N)c1. The summed E-state index contributed by atoms with van der Waals surface area (Å²) in [5, 5.41) is 17.4. The highest BCUT2D eigenvalue weighted by molar-refractivity contribution is 6.21. The molecule has 0 atom stereocenters. The maximum Gasteiger partial charge on any atom is 0.334 e. The first kappa shape index (κ1) is 26.2. The van der Waals surface area contributed by atoms with Crippen LogP contribution in [0.2, 0.25) is 0 Å². The van der Waals surface area contributed by atoms with Gasteiger partial charge in [-0.3, -0.25) is 14.8 Å². The summed E-state index contributed by atoms with van der Waals surface area (Å²) in [6.07, 6.45) is 3.10. The van der Waals surface area contributed by atoms with Crippen molar-refractivity contribution in [1.29, 1.82) is 10.7 Å². The number of aromatic nitrogens is 1. The number of fused-ring (bicyclic) bond motifs is 1. The molecule has 0 unspecified atom stereocenters. The Morgan fingerprint density at radius 1 is 1.11 bits per heavy atom. The number of rotatable bonds is 6. The zero-order valence-electron chi connectivity index (χ0n) is 20.9. The van der Waals surface area contributed by atoms with Gasteiger partial charge in [0.25, 0.3) is 0 Å². The van der Waals surface area contributed by atoms with Crippen molar-refractivity contribution in [3.05, 3.63) is 76.9 Å². The van der Waals surface area contributed by atoms with E-state index in [1.807, 2.05) is 6.07 Å². The molecule has 0 spiro atoms. The van der Waals surface area contributed by atoms with E-state index in [9.17, 15) is 14.4 Å². The van der Waals surface area contributed by atoms with Crippen molar-refractivity contribution in [3.8, 4) is 17.6 Å². The number of halogens is 3. The second kappa shape index (κ2) is 10.3. The normalized spacial score (nSPS) is 13.2. The van der Waals surface area contributed by atoms with Crippen LogP contribution in [0.4, 0.5) is 35.0 Å². The summed E-state index contributed by atoms with van der Waals surface area (Å²) < 4.78 is 55.3. The maximum atomic E-state index is 15.4. The number of nitriles is 1. The molecule has 0 bridgehead atoms. The molecular formula is C27H22F3N5O3. The lowest BCUT2D eigenvalue weighted by Gasteiger charge is -2.37. The van der Waals surface area contributed by atoms with E-state index in [0.29, 0.717) is 16.8 Å². The fraction of sp³-hybridized carbons (Fsp3) is 0.185. The van der Waals surface area contributed by atoms with E-state index in [0.717, 1.165) is 28.0 Å². The van der Waals surface area contributed by atoms with Gasteiger partial charge in [-0.2, -0.15) is 5.26 Å². The topological polar surface area (TPSA) is 103 Å². The molecule has 8 nitrogen and oxygen atoms in total. The summed E-state index contributed by atoms with van der Waals surface area (Å²) in [5.74, 6) is -3.77. The predicted octanol–water partition coefficient (Wildman–Crippen LogP) is 6.11. The summed E-state index contributed by atoms with van der Waals surface area (Å²) in [6, 6.07) is 6.78. The van der Waals surface area contributed by atoms with Crippen LogP contribution in [-0.4, -0.2) is 30.9 Å². The van der Waals surface area contributed by atoms with Crippen molar-refractivity contribution in [3.63, 3.8) is 0 Å². The minimum Gasteiger partial charge on any atom is -0.493 e. The van der Waals surface area contributed by atoms with Crippen LogP contribution in [0.1, 0.15) is 30.7 Å². The number of nitrogens with zero attached hydrogens (tertiary/aromatic N) is 4. The van der Waals surface area contributed by atoms with Gasteiger partial charge in [0.1, 0.15) is 11.5 Å². The molecule has 1 aromatic heterocycles. The van der Waals surface area contributed by atoms with Gasteiger partial charge in [0, 0.05) is 29.1 Å². The van der Waals surface area contributed by atoms with E-state index in [-0.39, 0.29) is 40.7 Å². The molecule has 194 valence electrons. The Bertz CT molecular complexity index is 1520. The zero-order valence-corrected chi connectivity index (χ0v) is 20.9. The summed E-state index contributed by atoms with van der Waals surface area (Å²) in [7, 11) is 2.37. The van der Waals surface area contributed by atoms with Gasteiger partial charge in [-0.1, -0.05) is 6.08 Å². The fourth-order valence-electron chi connectivity index (χ4n) is 4.27. The van der Waals surface area contributed by atoms with Crippen LogP contribution < -0.4 is 19.3 Å². The molecular weight excluding hydrogens is 499 g/mol. The number of pyridine rings is 1. The van der Waals surface area contributed by atoms with Gasteiger partial charge < -0.3 is 14.9 Å². The fourth-order valence-corrected chi connectivity index (χ4v) is 4.27. The summed E-state index contributed by atoms with van der Waals surface area (Å²) in [6.45, 7) is 3.01. The molecule has 0 aliphatic carbocycles. The Morgan fingerprint density at radius 2 is 1.76 bits per heavy atom. The van der Waals surface area contributed by atoms with Crippen LogP contribution in [0.3, 0.4) is 0 Å². The van der Waals surface area contributed by atoms with Crippen LogP contribution in [0, 0.1) is 34.2 Å². The van der Waals surface area contributed by atoms with Crippen molar-refractivity contribution in [1.82, 2.24) is 4.98 Å². The standard InChI is InChI=1S/C27H22F3N5O3/c1-5-19(14(2)32)20-9-21-16(12-33-20)13-34(26-24(29)22(37-3)10-23(38-4)25(26)30)27(36)35(21)18-7-15(11-31)6-17(28)8-18/h5-10,12,32H,13H2,1-4H3/b19-5+,32-14?. The summed E-state index contributed by atoms with van der Waals surface area (Å²) in [4.78, 5) is 20.2. The molecule has 1 aliphatic heterocycles. The largest absolute Gasteiger partial charge is 0.493 e. The first-order valence-electron chi connectivity index (χ1n) is 11.3. The molecule has 38 heavy (non-hydrogen) atoms. The molecule has 2 aromatic carbocycles. The van der Waals surface area contributed by atoms with Crippen molar-refractivity contribution >= 4 is 34.4 Å². The Morgan fingerprint density at radius 3 is 2.32 bits per heavy atom. The summed E-state index contributed by atoms with van der Waals surface area (Å²) >= 11 is 0. The number of nitrogens with one attached hydrogen (secondary N) is 1. The van der Waals surface area contributed by atoms with Gasteiger partial charge >= 0.3 is 6.03 Å². The monoisotopic (exact) mass is 521 g/mol. The Balaban J connectivity index is 2.00. The van der Waals surface area contributed by atoms with Gasteiger partial charge in [0.2, 0.25) is 0 Å². The van der Waals surface area contributed by atoms with E-state index in [1.165, 1.54) is 32.5 Å². The average molecular weight is 521 g/mol. The number of urea groups is 1. The van der Waals surface area contributed by atoms with Crippen LogP contribution in [0.25, 0.3) is 5.57 Å². The molecule has 3 aromatic rings. The minimum atomic E-state index is -1.14. The van der Waals surface area contributed by atoms with E-state index in [1.54, 1.807) is 19.9 Å². The summed E-state index contributed by atoms with van der Waals surface area (Å²) in [5.41, 5.74) is 0.866. The highest BCUT2D eigenvalue weighted by atomic mass is 19.1. The first-order chi connectivity index (χ1) is 18.1. The number of hydrogen-bond acceptors (Lipinski definition) is 6. The zero-order chi connectivity index (χ0) is 27.7. The number of anilines is 3. The molecule has 0 radical (unpaired) electrons. The van der Waals surface area contributed by atoms with E-state index >= 15 is 8.78 Å². The van der Waals surface area contributed by atoms with E-state index in [4.69, 9.17) is 14.9 Å². The number of benzene rings is 2. The molecule has 1 N–H and O–H groups in total. The smallest absolute Gasteiger partial charge is 0.334 e. The Kier molecular flexibility index (Phi) is 7.08. The highest BCUT2D eigenvalue weighted by Crippen LogP contribution is 2.43. The van der Waals surface area contributed by atoms with E-state index < -0.39 is 29.2 Å². The third-order valence-corrected chi connectivity index (χ3v) is 6.01. The van der Waals surface area contributed by atoms with Crippen LogP contribution in [-0.2, 0) is 6.54 Å². The minimum absolute atomic E-state index is 0.0427. The third kappa shape index (κ3) is 4.41. The lowest BCUT2D eigenvalue weighted by atomic mass is 10.0. The Hall–Kier alpha value is -4.85. The Labute approximate surface area is 216 Å². The second-order valence-electron chi connectivity index (χ2n) is 8.30. The first-order valence-corrected chi connectivity index (χ1v) is 11.3.